The van der Waals surface area contributed by atoms with Crippen molar-refractivity contribution in [3.63, 3.8) is 0 Å². The van der Waals surface area contributed by atoms with Gasteiger partial charge in [0.1, 0.15) is 5.75 Å². The molecule has 0 spiro atoms. The molecular weight excluding hydrogens is 304 g/mol. The van der Waals surface area contributed by atoms with E-state index >= 15 is 0 Å². The third-order valence-corrected chi connectivity index (χ3v) is 5.59. The van der Waals surface area contributed by atoms with Gasteiger partial charge in [-0.05, 0) is 43.2 Å². The maximum absolute atomic E-state index is 12.1. The second-order valence-electron chi connectivity index (χ2n) is 7.11. The Kier molecular flexibility index (Phi) is 5.07. The van der Waals surface area contributed by atoms with Gasteiger partial charge >= 0.3 is 0 Å². The van der Waals surface area contributed by atoms with Crippen LogP contribution in [0.3, 0.4) is 0 Å². The fourth-order valence-corrected chi connectivity index (χ4v) is 3.98. The SMILES string of the molecule is CC1C(=O)NC2CC(NC(=O)COc3ccccc3)CCC2C1C. The van der Waals surface area contributed by atoms with Crippen molar-refractivity contribution in [2.24, 2.45) is 17.8 Å². The van der Waals surface area contributed by atoms with Crippen LogP contribution in [0.5, 0.6) is 5.75 Å². The molecule has 0 aromatic heterocycles. The number of piperidine rings is 1. The number of rotatable bonds is 4. The van der Waals surface area contributed by atoms with Crippen LogP contribution in [0.4, 0.5) is 0 Å². The fraction of sp³-hybridized carbons (Fsp3) is 0.579. The van der Waals surface area contributed by atoms with Crippen molar-refractivity contribution in [1.29, 1.82) is 0 Å². The minimum Gasteiger partial charge on any atom is -0.484 e. The number of amides is 2. The van der Waals surface area contributed by atoms with E-state index < -0.39 is 0 Å². The van der Waals surface area contributed by atoms with Gasteiger partial charge in [0.25, 0.3) is 5.91 Å². The maximum Gasteiger partial charge on any atom is 0.258 e. The smallest absolute Gasteiger partial charge is 0.258 e. The van der Waals surface area contributed by atoms with E-state index in [0.717, 1.165) is 19.3 Å². The lowest BCUT2D eigenvalue weighted by Gasteiger charge is -2.45. The minimum atomic E-state index is -0.106. The molecule has 1 saturated heterocycles. The molecule has 5 atom stereocenters. The van der Waals surface area contributed by atoms with Gasteiger partial charge < -0.3 is 15.4 Å². The molecule has 1 aliphatic heterocycles. The Balaban J connectivity index is 1.49. The Morgan fingerprint density at radius 1 is 1.25 bits per heavy atom. The van der Waals surface area contributed by atoms with Crippen molar-refractivity contribution >= 4 is 11.8 Å². The summed E-state index contributed by atoms with van der Waals surface area (Å²) in [6, 6.07) is 9.62. The lowest BCUT2D eigenvalue weighted by molar-refractivity contribution is -0.132. The molecule has 1 heterocycles. The van der Waals surface area contributed by atoms with E-state index in [1.54, 1.807) is 0 Å². The van der Waals surface area contributed by atoms with Crippen LogP contribution in [-0.4, -0.2) is 30.5 Å². The fourth-order valence-electron chi connectivity index (χ4n) is 3.98. The molecule has 5 heteroatoms. The van der Waals surface area contributed by atoms with Crippen molar-refractivity contribution in [2.45, 2.75) is 45.2 Å². The summed E-state index contributed by atoms with van der Waals surface area (Å²) in [6.45, 7) is 4.20. The van der Waals surface area contributed by atoms with Crippen LogP contribution >= 0.6 is 0 Å². The first-order chi connectivity index (χ1) is 11.5. The van der Waals surface area contributed by atoms with E-state index in [-0.39, 0.29) is 36.4 Å². The molecule has 0 radical (unpaired) electrons. The number of ether oxygens (including phenoxy) is 1. The second kappa shape index (κ2) is 7.24. The standard InChI is InChI=1S/C19H26N2O3/c1-12-13(2)19(23)21-17-10-14(8-9-16(12)17)20-18(22)11-24-15-6-4-3-5-7-15/h3-7,12-14,16-17H,8-11H2,1-2H3,(H,20,22)(H,21,23). The van der Waals surface area contributed by atoms with Gasteiger partial charge in [-0.1, -0.05) is 32.0 Å². The van der Waals surface area contributed by atoms with Gasteiger partial charge in [0.2, 0.25) is 5.91 Å². The van der Waals surface area contributed by atoms with E-state index in [1.807, 2.05) is 37.3 Å². The number of fused-ring (bicyclic) bond motifs is 1. The van der Waals surface area contributed by atoms with E-state index in [0.29, 0.717) is 17.6 Å². The van der Waals surface area contributed by atoms with Gasteiger partial charge in [-0.3, -0.25) is 9.59 Å². The Labute approximate surface area is 143 Å². The van der Waals surface area contributed by atoms with Crippen LogP contribution in [0, 0.1) is 17.8 Å². The van der Waals surface area contributed by atoms with Crippen LogP contribution in [0.25, 0.3) is 0 Å². The highest BCUT2D eigenvalue weighted by molar-refractivity contribution is 5.80. The van der Waals surface area contributed by atoms with Crippen molar-refractivity contribution in [1.82, 2.24) is 10.6 Å². The van der Waals surface area contributed by atoms with Crippen LogP contribution in [-0.2, 0) is 9.59 Å². The Morgan fingerprint density at radius 3 is 2.75 bits per heavy atom. The second-order valence-corrected chi connectivity index (χ2v) is 7.11. The number of para-hydroxylation sites is 1. The highest BCUT2D eigenvalue weighted by atomic mass is 16.5. The summed E-state index contributed by atoms with van der Waals surface area (Å²) in [6.07, 6.45) is 2.82. The molecule has 0 bridgehead atoms. The number of carbonyl (C=O) groups excluding carboxylic acids is 2. The predicted molar refractivity (Wildman–Crippen MR) is 91.5 cm³/mol. The first-order valence-electron chi connectivity index (χ1n) is 8.82. The topological polar surface area (TPSA) is 67.4 Å². The number of carbonyl (C=O) groups is 2. The molecule has 24 heavy (non-hydrogen) atoms. The minimum absolute atomic E-state index is 0.0222. The molecule has 130 valence electrons. The largest absolute Gasteiger partial charge is 0.484 e. The Bertz CT molecular complexity index is 590. The van der Waals surface area contributed by atoms with E-state index in [4.69, 9.17) is 4.74 Å². The Hall–Kier alpha value is -2.04. The summed E-state index contributed by atoms with van der Waals surface area (Å²) in [4.78, 5) is 24.1. The third-order valence-electron chi connectivity index (χ3n) is 5.59. The summed E-state index contributed by atoms with van der Waals surface area (Å²) in [5, 5.41) is 6.19. The van der Waals surface area contributed by atoms with Crippen LogP contribution < -0.4 is 15.4 Å². The molecule has 2 aliphatic rings. The molecule has 2 amide bonds. The summed E-state index contributed by atoms with van der Waals surface area (Å²) >= 11 is 0. The first-order valence-corrected chi connectivity index (χ1v) is 8.82. The Morgan fingerprint density at radius 2 is 2.00 bits per heavy atom. The van der Waals surface area contributed by atoms with Crippen LogP contribution in [0.15, 0.2) is 30.3 Å². The highest BCUT2D eigenvalue weighted by Crippen LogP contribution is 2.37. The van der Waals surface area contributed by atoms with Crippen molar-refractivity contribution < 1.29 is 14.3 Å². The zero-order valence-electron chi connectivity index (χ0n) is 14.3. The molecule has 5 nitrogen and oxygen atoms in total. The zero-order valence-corrected chi connectivity index (χ0v) is 14.3. The summed E-state index contributed by atoms with van der Waals surface area (Å²) in [5.74, 6) is 1.73. The van der Waals surface area contributed by atoms with Crippen molar-refractivity contribution in [3.8, 4) is 5.75 Å². The molecule has 1 aromatic rings. The molecule has 1 aliphatic carbocycles. The number of hydrogen-bond acceptors (Lipinski definition) is 3. The number of hydrogen-bond donors (Lipinski definition) is 2. The zero-order chi connectivity index (χ0) is 17.1. The van der Waals surface area contributed by atoms with Gasteiger partial charge in [0, 0.05) is 18.0 Å². The monoisotopic (exact) mass is 330 g/mol. The van der Waals surface area contributed by atoms with Gasteiger partial charge in [0.15, 0.2) is 6.61 Å². The molecule has 1 saturated carbocycles. The molecular formula is C19H26N2O3. The summed E-state index contributed by atoms with van der Waals surface area (Å²) in [5.41, 5.74) is 0. The van der Waals surface area contributed by atoms with Crippen LogP contribution in [0.2, 0.25) is 0 Å². The van der Waals surface area contributed by atoms with Crippen molar-refractivity contribution in [3.05, 3.63) is 30.3 Å². The van der Waals surface area contributed by atoms with E-state index in [2.05, 4.69) is 17.6 Å². The summed E-state index contributed by atoms with van der Waals surface area (Å²) < 4.78 is 5.48. The molecule has 1 aromatic carbocycles. The summed E-state index contributed by atoms with van der Waals surface area (Å²) in [7, 11) is 0. The van der Waals surface area contributed by atoms with Gasteiger partial charge in [-0.15, -0.1) is 0 Å². The first kappa shape index (κ1) is 16.8. The quantitative estimate of drug-likeness (QED) is 0.888. The van der Waals surface area contributed by atoms with Crippen LogP contribution in [0.1, 0.15) is 33.1 Å². The normalized spacial score (nSPS) is 32.4. The highest BCUT2D eigenvalue weighted by Gasteiger charge is 2.42. The molecule has 2 N–H and O–H groups in total. The third kappa shape index (κ3) is 3.71. The lowest BCUT2D eigenvalue weighted by Crippen LogP contribution is -2.57. The molecule has 3 rings (SSSR count). The van der Waals surface area contributed by atoms with Gasteiger partial charge in [-0.2, -0.15) is 0 Å². The molecule has 5 unspecified atom stereocenters. The number of benzene rings is 1. The predicted octanol–water partition coefficient (Wildman–Crippen LogP) is 2.12. The molecule has 2 fully saturated rings. The average Bonchev–Trinajstić information content (AvgIpc) is 2.59. The van der Waals surface area contributed by atoms with E-state index in [9.17, 15) is 9.59 Å². The maximum atomic E-state index is 12.1. The number of nitrogens with one attached hydrogen (secondary N) is 2. The van der Waals surface area contributed by atoms with Gasteiger partial charge in [0.05, 0.1) is 0 Å². The lowest BCUT2D eigenvalue weighted by atomic mass is 9.68. The van der Waals surface area contributed by atoms with Crippen molar-refractivity contribution in [2.75, 3.05) is 6.61 Å². The van der Waals surface area contributed by atoms with Gasteiger partial charge in [-0.25, -0.2) is 0 Å². The average molecular weight is 330 g/mol. The van der Waals surface area contributed by atoms with E-state index in [1.165, 1.54) is 0 Å².